The molecule has 140 valence electrons. The maximum absolute atomic E-state index is 12.7. The summed E-state index contributed by atoms with van der Waals surface area (Å²) in [6.45, 7) is 11.6. The van der Waals surface area contributed by atoms with Crippen molar-refractivity contribution in [2.75, 3.05) is 0 Å². The third-order valence-corrected chi connectivity index (χ3v) is 3.50. The molecule has 0 spiro atoms. The Labute approximate surface area is 151 Å². The Morgan fingerprint density at radius 2 is 1.64 bits per heavy atom. The summed E-state index contributed by atoms with van der Waals surface area (Å²) >= 11 is 0. The second-order valence-electron chi connectivity index (χ2n) is 7.93. The minimum Gasteiger partial charge on any atom is -0.444 e. The topological polar surface area (TPSA) is 67.4 Å². The molecule has 5 heteroatoms. The van der Waals surface area contributed by atoms with Gasteiger partial charge in [0, 0.05) is 12.5 Å². The lowest BCUT2D eigenvalue weighted by molar-refractivity contribution is -0.123. The molecular weight excluding hydrogens is 316 g/mol. The molecule has 0 fully saturated rings. The lowest BCUT2D eigenvalue weighted by atomic mass is 10.0. The molecule has 2 unspecified atom stereocenters. The van der Waals surface area contributed by atoms with Gasteiger partial charge in [-0.2, -0.15) is 0 Å². The van der Waals surface area contributed by atoms with Crippen LogP contribution < -0.4 is 10.6 Å². The molecule has 2 amide bonds. The van der Waals surface area contributed by atoms with Gasteiger partial charge in [0.05, 0.1) is 0 Å². The van der Waals surface area contributed by atoms with Crippen molar-refractivity contribution in [3.63, 3.8) is 0 Å². The average Bonchev–Trinajstić information content (AvgIpc) is 2.44. The van der Waals surface area contributed by atoms with Crippen molar-refractivity contribution >= 4 is 12.0 Å². The zero-order valence-corrected chi connectivity index (χ0v) is 16.3. The van der Waals surface area contributed by atoms with E-state index in [-0.39, 0.29) is 11.9 Å². The number of hydrogen-bond acceptors (Lipinski definition) is 3. The van der Waals surface area contributed by atoms with Gasteiger partial charge in [-0.25, -0.2) is 4.79 Å². The van der Waals surface area contributed by atoms with Crippen LogP contribution in [0.4, 0.5) is 4.79 Å². The first-order valence-corrected chi connectivity index (χ1v) is 8.90. The van der Waals surface area contributed by atoms with Crippen LogP contribution in [0, 0.1) is 5.92 Å². The largest absolute Gasteiger partial charge is 0.444 e. The molecule has 0 aromatic heterocycles. The third kappa shape index (κ3) is 9.13. The van der Waals surface area contributed by atoms with E-state index in [1.807, 2.05) is 37.3 Å². The minimum absolute atomic E-state index is 0.0474. The first kappa shape index (κ1) is 21.0. The number of alkyl carbamates (subject to hydrolysis) is 1. The Kier molecular flexibility index (Phi) is 7.94. The van der Waals surface area contributed by atoms with Crippen molar-refractivity contribution in [2.45, 2.75) is 72.1 Å². The number of nitrogens with one attached hydrogen (secondary N) is 2. The fourth-order valence-corrected chi connectivity index (χ4v) is 2.62. The number of amides is 2. The van der Waals surface area contributed by atoms with Gasteiger partial charge in [0.25, 0.3) is 0 Å². The second-order valence-corrected chi connectivity index (χ2v) is 7.93. The summed E-state index contributed by atoms with van der Waals surface area (Å²) in [7, 11) is 0. The van der Waals surface area contributed by atoms with Crippen LogP contribution in [-0.2, 0) is 16.0 Å². The van der Waals surface area contributed by atoms with E-state index in [9.17, 15) is 9.59 Å². The normalized spacial score (nSPS) is 13.9. The van der Waals surface area contributed by atoms with Crippen molar-refractivity contribution in [1.82, 2.24) is 10.6 Å². The molecule has 0 aliphatic carbocycles. The Balaban J connectivity index is 2.79. The summed E-state index contributed by atoms with van der Waals surface area (Å²) in [5.74, 6) is 0.296. The smallest absolute Gasteiger partial charge is 0.408 e. The van der Waals surface area contributed by atoms with Crippen LogP contribution >= 0.6 is 0 Å². The lowest BCUT2D eigenvalue weighted by Gasteiger charge is -2.25. The number of hydrogen-bond donors (Lipinski definition) is 2. The van der Waals surface area contributed by atoms with Crippen LogP contribution in [0.2, 0.25) is 0 Å². The fourth-order valence-electron chi connectivity index (χ4n) is 2.62. The maximum Gasteiger partial charge on any atom is 0.408 e. The summed E-state index contributed by atoms with van der Waals surface area (Å²) in [6, 6.07) is 9.00. The van der Waals surface area contributed by atoms with Gasteiger partial charge in [-0.15, -0.1) is 0 Å². The predicted molar refractivity (Wildman–Crippen MR) is 100 cm³/mol. The molecule has 1 aromatic rings. The van der Waals surface area contributed by atoms with Gasteiger partial charge in [-0.05, 0) is 45.6 Å². The van der Waals surface area contributed by atoms with E-state index in [0.29, 0.717) is 12.3 Å². The first-order chi connectivity index (χ1) is 11.6. The molecule has 0 radical (unpaired) electrons. The molecule has 25 heavy (non-hydrogen) atoms. The predicted octanol–water partition coefficient (Wildman–Crippen LogP) is 3.67. The van der Waals surface area contributed by atoms with Gasteiger partial charge in [0.2, 0.25) is 5.91 Å². The average molecular weight is 348 g/mol. The van der Waals surface area contributed by atoms with Crippen LogP contribution in [0.1, 0.15) is 53.5 Å². The van der Waals surface area contributed by atoms with Crippen LogP contribution in [0.5, 0.6) is 0 Å². The van der Waals surface area contributed by atoms with E-state index in [1.54, 1.807) is 20.8 Å². The number of carbonyl (C=O) groups is 2. The molecule has 0 aliphatic heterocycles. The molecule has 0 bridgehead atoms. The van der Waals surface area contributed by atoms with E-state index < -0.39 is 17.7 Å². The van der Waals surface area contributed by atoms with Crippen LogP contribution in [0.3, 0.4) is 0 Å². The monoisotopic (exact) mass is 348 g/mol. The Bertz CT molecular complexity index is 550. The van der Waals surface area contributed by atoms with Crippen LogP contribution in [0.25, 0.3) is 0 Å². The molecule has 0 saturated carbocycles. The van der Waals surface area contributed by atoms with Crippen LogP contribution in [-0.4, -0.2) is 29.7 Å². The summed E-state index contributed by atoms with van der Waals surface area (Å²) in [4.78, 5) is 24.8. The summed E-state index contributed by atoms with van der Waals surface area (Å²) in [5, 5.41) is 5.70. The van der Waals surface area contributed by atoms with Crippen molar-refractivity contribution < 1.29 is 14.3 Å². The number of benzene rings is 1. The van der Waals surface area contributed by atoms with Gasteiger partial charge in [0.15, 0.2) is 0 Å². The number of rotatable bonds is 7. The molecule has 0 aliphatic rings. The van der Waals surface area contributed by atoms with Gasteiger partial charge < -0.3 is 15.4 Å². The first-order valence-electron chi connectivity index (χ1n) is 8.90. The highest BCUT2D eigenvalue weighted by Crippen LogP contribution is 2.10. The molecule has 2 atom stereocenters. The lowest BCUT2D eigenvalue weighted by Crippen LogP contribution is -2.51. The fraction of sp³-hybridized carbons (Fsp3) is 0.600. The second kappa shape index (κ2) is 9.44. The van der Waals surface area contributed by atoms with Crippen molar-refractivity contribution in [1.29, 1.82) is 0 Å². The summed E-state index contributed by atoms with van der Waals surface area (Å²) < 4.78 is 5.30. The molecule has 0 saturated heterocycles. The Hall–Kier alpha value is -2.04. The van der Waals surface area contributed by atoms with Crippen molar-refractivity contribution in [3.05, 3.63) is 35.9 Å². The highest BCUT2D eigenvalue weighted by molar-refractivity contribution is 5.86. The third-order valence-electron chi connectivity index (χ3n) is 3.50. The molecule has 1 rings (SSSR count). The molecular formula is C20H32N2O3. The van der Waals surface area contributed by atoms with Gasteiger partial charge in [0.1, 0.15) is 11.6 Å². The van der Waals surface area contributed by atoms with Gasteiger partial charge >= 0.3 is 6.09 Å². The molecule has 5 nitrogen and oxygen atoms in total. The zero-order valence-electron chi connectivity index (χ0n) is 16.3. The van der Waals surface area contributed by atoms with E-state index in [2.05, 4.69) is 24.5 Å². The highest BCUT2D eigenvalue weighted by atomic mass is 16.6. The minimum atomic E-state index is -0.674. The van der Waals surface area contributed by atoms with Crippen molar-refractivity contribution in [3.8, 4) is 0 Å². The van der Waals surface area contributed by atoms with Crippen LogP contribution in [0.15, 0.2) is 30.3 Å². The standard InChI is InChI=1S/C20H32N2O3/c1-14(2)12-15(3)21-18(23)17(13-16-10-8-7-9-11-16)22-19(24)25-20(4,5)6/h7-11,14-15,17H,12-13H2,1-6H3,(H,21,23)(H,22,24). The Morgan fingerprint density at radius 1 is 1.04 bits per heavy atom. The van der Waals surface area contributed by atoms with E-state index >= 15 is 0 Å². The number of ether oxygens (including phenoxy) is 1. The summed E-state index contributed by atoms with van der Waals surface area (Å²) in [6.07, 6.45) is 0.719. The molecule has 2 N–H and O–H groups in total. The Morgan fingerprint density at radius 3 is 2.16 bits per heavy atom. The van der Waals surface area contributed by atoms with Crippen molar-refractivity contribution in [2.24, 2.45) is 5.92 Å². The van der Waals surface area contributed by atoms with E-state index in [1.165, 1.54) is 0 Å². The maximum atomic E-state index is 12.7. The quantitative estimate of drug-likeness (QED) is 0.790. The van der Waals surface area contributed by atoms with E-state index in [0.717, 1.165) is 12.0 Å². The molecule has 0 heterocycles. The molecule has 1 aromatic carbocycles. The number of carbonyl (C=O) groups excluding carboxylic acids is 2. The SMILES string of the molecule is CC(C)CC(C)NC(=O)C(Cc1ccccc1)NC(=O)OC(C)(C)C. The highest BCUT2D eigenvalue weighted by Gasteiger charge is 2.25. The van der Waals surface area contributed by atoms with E-state index in [4.69, 9.17) is 4.74 Å². The summed E-state index contributed by atoms with van der Waals surface area (Å²) in [5.41, 5.74) is 0.373. The zero-order chi connectivity index (χ0) is 19.0. The van der Waals surface area contributed by atoms with Gasteiger partial charge in [-0.3, -0.25) is 4.79 Å². The van der Waals surface area contributed by atoms with Gasteiger partial charge in [-0.1, -0.05) is 44.2 Å².